The van der Waals surface area contributed by atoms with Gasteiger partial charge in [-0.15, -0.1) is 11.3 Å². The van der Waals surface area contributed by atoms with Crippen molar-refractivity contribution in [3.63, 3.8) is 0 Å². The number of hydrogen-bond donors (Lipinski definition) is 2. The molecule has 0 radical (unpaired) electrons. The molecule has 0 spiro atoms. The van der Waals surface area contributed by atoms with Gasteiger partial charge in [0.2, 0.25) is 0 Å². The number of rotatable bonds is 5. The normalized spacial score (nSPS) is 17.9. The highest BCUT2D eigenvalue weighted by atomic mass is 32.1. The van der Waals surface area contributed by atoms with Gasteiger partial charge in [0.25, 0.3) is 0 Å². The average molecular weight is 280 g/mol. The zero-order valence-electron chi connectivity index (χ0n) is 11.7. The topological polar surface area (TPSA) is 41.1 Å². The molecule has 1 fully saturated rings. The van der Waals surface area contributed by atoms with Crippen molar-refractivity contribution < 1.29 is 4.79 Å². The highest BCUT2D eigenvalue weighted by molar-refractivity contribution is 7.10. The van der Waals surface area contributed by atoms with E-state index in [0.29, 0.717) is 6.04 Å². The number of nitrogens with one attached hydrogen (secondary N) is 2. The van der Waals surface area contributed by atoms with Crippen LogP contribution in [0.15, 0.2) is 17.5 Å². The third-order valence-corrected chi connectivity index (χ3v) is 4.70. The zero-order chi connectivity index (χ0) is 13.5. The SMILES string of the molecule is CCCC(NC(=O)NC1CCCCC1)c1cccs1. The molecule has 3 nitrogen and oxygen atoms in total. The summed E-state index contributed by atoms with van der Waals surface area (Å²) in [6, 6.07) is 4.68. The van der Waals surface area contributed by atoms with Gasteiger partial charge in [-0.05, 0) is 30.7 Å². The van der Waals surface area contributed by atoms with Gasteiger partial charge < -0.3 is 10.6 Å². The van der Waals surface area contributed by atoms with Crippen LogP contribution in [0.5, 0.6) is 0 Å². The van der Waals surface area contributed by atoms with Gasteiger partial charge in [-0.2, -0.15) is 0 Å². The second-order valence-electron chi connectivity index (χ2n) is 5.31. The predicted molar refractivity (Wildman–Crippen MR) is 80.5 cm³/mol. The number of thiophene rings is 1. The molecule has 1 unspecified atom stereocenters. The van der Waals surface area contributed by atoms with E-state index in [-0.39, 0.29) is 12.1 Å². The van der Waals surface area contributed by atoms with Gasteiger partial charge in [-0.25, -0.2) is 4.79 Å². The maximum atomic E-state index is 12.1. The van der Waals surface area contributed by atoms with E-state index in [1.54, 1.807) is 11.3 Å². The minimum atomic E-state index is -0.00116. The van der Waals surface area contributed by atoms with Crippen molar-refractivity contribution in [1.82, 2.24) is 10.6 Å². The van der Waals surface area contributed by atoms with Crippen molar-refractivity contribution >= 4 is 17.4 Å². The largest absolute Gasteiger partial charge is 0.335 e. The molecule has 1 aliphatic carbocycles. The summed E-state index contributed by atoms with van der Waals surface area (Å²) in [4.78, 5) is 13.3. The highest BCUT2D eigenvalue weighted by Gasteiger charge is 2.18. The van der Waals surface area contributed by atoms with Crippen LogP contribution in [-0.2, 0) is 0 Å². The minimum absolute atomic E-state index is 0.00116. The van der Waals surface area contributed by atoms with Gasteiger partial charge in [-0.1, -0.05) is 38.7 Å². The molecule has 1 heterocycles. The number of hydrogen-bond acceptors (Lipinski definition) is 2. The molecule has 106 valence electrons. The predicted octanol–water partition coefficient (Wildman–Crippen LogP) is 4.22. The third kappa shape index (κ3) is 4.53. The molecule has 1 atom stereocenters. The lowest BCUT2D eigenvalue weighted by Gasteiger charge is -2.24. The first kappa shape index (κ1) is 14.4. The summed E-state index contributed by atoms with van der Waals surface area (Å²) in [6.45, 7) is 2.15. The maximum Gasteiger partial charge on any atom is 0.315 e. The summed E-state index contributed by atoms with van der Waals surface area (Å²) in [7, 11) is 0. The highest BCUT2D eigenvalue weighted by Crippen LogP contribution is 2.23. The van der Waals surface area contributed by atoms with Crippen LogP contribution in [0.2, 0.25) is 0 Å². The number of amides is 2. The Hall–Kier alpha value is -1.03. The molecule has 4 heteroatoms. The van der Waals surface area contributed by atoms with E-state index in [2.05, 4.69) is 29.0 Å². The first-order valence-electron chi connectivity index (χ1n) is 7.40. The smallest absolute Gasteiger partial charge is 0.315 e. The Bertz CT molecular complexity index is 372. The quantitative estimate of drug-likeness (QED) is 0.833. The summed E-state index contributed by atoms with van der Waals surface area (Å²) >= 11 is 1.72. The zero-order valence-corrected chi connectivity index (χ0v) is 12.5. The Labute approximate surface area is 119 Å². The van der Waals surface area contributed by atoms with Crippen molar-refractivity contribution in [2.45, 2.75) is 64.0 Å². The summed E-state index contributed by atoms with van der Waals surface area (Å²) in [6.07, 6.45) is 8.14. The van der Waals surface area contributed by atoms with Crippen LogP contribution >= 0.6 is 11.3 Å². The van der Waals surface area contributed by atoms with E-state index >= 15 is 0 Å². The second-order valence-corrected chi connectivity index (χ2v) is 6.29. The molecule has 2 N–H and O–H groups in total. The van der Waals surface area contributed by atoms with Gasteiger partial charge >= 0.3 is 6.03 Å². The fourth-order valence-corrected chi connectivity index (χ4v) is 3.51. The molecule has 1 aromatic heterocycles. The molecular weight excluding hydrogens is 256 g/mol. The first-order chi connectivity index (χ1) is 9.29. The van der Waals surface area contributed by atoms with Crippen LogP contribution in [-0.4, -0.2) is 12.1 Å². The van der Waals surface area contributed by atoms with Crippen molar-refractivity contribution in [1.29, 1.82) is 0 Å². The molecule has 0 aliphatic heterocycles. The van der Waals surface area contributed by atoms with Crippen LogP contribution in [0.4, 0.5) is 4.79 Å². The summed E-state index contributed by atoms with van der Waals surface area (Å²) in [5.41, 5.74) is 0. The van der Waals surface area contributed by atoms with E-state index in [0.717, 1.165) is 25.7 Å². The van der Waals surface area contributed by atoms with Crippen molar-refractivity contribution in [3.05, 3.63) is 22.4 Å². The van der Waals surface area contributed by atoms with Gasteiger partial charge in [-0.3, -0.25) is 0 Å². The minimum Gasteiger partial charge on any atom is -0.335 e. The lowest BCUT2D eigenvalue weighted by atomic mass is 9.96. The van der Waals surface area contributed by atoms with E-state index in [9.17, 15) is 4.79 Å². The summed E-state index contributed by atoms with van der Waals surface area (Å²) in [5, 5.41) is 8.32. The van der Waals surface area contributed by atoms with Crippen LogP contribution in [0.25, 0.3) is 0 Å². The molecule has 2 rings (SSSR count). The third-order valence-electron chi connectivity index (χ3n) is 3.71. The molecule has 1 saturated carbocycles. The van der Waals surface area contributed by atoms with Crippen LogP contribution in [0.3, 0.4) is 0 Å². The van der Waals surface area contributed by atoms with Gasteiger partial charge in [0, 0.05) is 10.9 Å². The Morgan fingerprint density at radius 3 is 2.84 bits per heavy atom. The molecule has 2 amide bonds. The number of urea groups is 1. The fraction of sp³-hybridized carbons (Fsp3) is 0.667. The molecule has 1 aliphatic rings. The van der Waals surface area contributed by atoms with E-state index < -0.39 is 0 Å². The number of carbonyl (C=O) groups is 1. The summed E-state index contributed by atoms with van der Waals surface area (Å²) in [5.74, 6) is 0. The van der Waals surface area contributed by atoms with Crippen molar-refractivity contribution in [3.8, 4) is 0 Å². The lowest BCUT2D eigenvalue weighted by Crippen LogP contribution is -2.44. The fourth-order valence-electron chi connectivity index (χ4n) is 2.70. The molecule has 19 heavy (non-hydrogen) atoms. The molecule has 0 aromatic carbocycles. The summed E-state index contributed by atoms with van der Waals surface area (Å²) < 4.78 is 0. The molecule has 0 saturated heterocycles. The Balaban J connectivity index is 1.84. The van der Waals surface area contributed by atoms with E-state index in [1.165, 1.54) is 24.1 Å². The van der Waals surface area contributed by atoms with E-state index in [4.69, 9.17) is 0 Å². The molecular formula is C15H24N2OS. The maximum absolute atomic E-state index is 12.1. The second kappa shape index (κ2) is 7.53. The monoisotopic (exact) mass is 280 g/mol. The van der Waals surface area contributed by atoms with Gasteiger partial charge in [0.15, 0.2) is 0 Å². The average Bonchev–Trinajstić information content (AvgIpc) is 2.93. The van der Waals surface area contributed by atoms with Crippen LogP contribution in [0.1, 0.15) is 62.8 Å². The Morgan fingerprint density at radius 2 is 2.21 bits per heavy atom. The van der Waals surface area contributed by atoms with E-state index in [1.807, 2.05) is 6.07 Å². The lowest BCUT2D eigenvalue weighted by molar-refractivity contribution is 0.228. The molecule has 0 bridgehead atoms. The Kier molecular flexibility index (Phi) is 5.70. The first-order valence-corrected chi connectivity index (χ1v) is 8.28. The van der Waals surface area contributed by atoms with Crippen LogP contribution in [0, 0.1) is 0 Å². The van der Waals surface area contributed by atoms with Crippen LogP contribution < -0.4 is 10.6 Å². The van der Waals surface area contributed by atoms with Crippen molar-refractivity contribution in [2.75, 3.05) is 0 Å². The van der Waals surface area contributed by atoms with Gasteiger partial charge in [0.1, 0.15) is 0 Å². The Morgan fingerprint density at radius 1 is 1.42 bits per heavy atom. The molecule has 1 aromatic rings. The van der Waals surface area contributed by atoms with Gasteiger partial charge in [0.05, 0.1) is 6.04 Å². The number of carbonyl (C=O) groups excluding carboxylic acids is 1. The standard InChI is InChI=1S/C15H24N2OS/c1-2-7-13(14-10-6-11-19-14)17-15(18)16-12-8-4-3-5-9-12/h6,10-13H,2-5,7-9H2,1H3,(H2,16,17,18). The van der Waals surface area contributed by atoms with Crippen molar-refractivity contribution in [2.24, 2.45) is 0 Å².